The van der Waals surface area contributed by atoms with E-state index in [-0.39, 0.29) is 0 Å². The lowest BCUT2D eigenvalue weighted by Crippen LogP contribution is -1.97. The van der Waals surface area contributed by atoms with E-state index in [0.29, 0.717) is 11.1 Å². The predicted octanol–water partition coefficient (Wildman–Crippen LogP) is 2.81. The van der Waals surface area contributed by atoms with Gasteiger partial charge in [-0.2, -0.15) is 0 Å². The number of nitrogens with zero attached hydrogens (tertiary/aromatic N) is 3. The van der Waals surface area contributed by atoms with Gasteiger partial charge in [0, 0.05) is 12.4 Å². The standard InChI is InChI=1S/C10H12ClN3/c1-6(2)8-5-14-4-7(3)12-10(14)9(11)13-8/h4-6H,1-3H3. The quantitative estimate of drug-likeness (QED) is 0.723. The van der Waals surface area contributed by atoms with Crippen LogP contribution in [0.1, 0.15) is 31.2 Å². The Morgan fingerprint density at radius 1 is 1.29 bits per heavy atom. The molecule has 0 N–H and O–H groups in total. The molecule has 3 nitrogen and oxygen atoms in total. The van der Waals surface area contributed by atoms with Crippen molar-refractivity contribution < 1.29 is 0 Å². The lowest BCUT2D eigenvalue weighted by atomic mass is 10.1. The smallest absolute Gasteiger partial charge is 0.175 e. The monoisotopic (exact) mass is 209 g/mol. The molecule has 0 spiro atoms. The topological polar surface area (TPSA) is 30.2 Å². The number of aryl methyl sites for hydroxylation is 1. The van der Waals surface area contributed by atoms with Crippen molar-refractivity contribution in [3.8, 4) is 0 Å². The summed E-state index contributed by atoms with van der Waals surface area (Å²) in [7, 11) is 0. The minimum atomic E-state index is 0.375. The van der Waals surface area contributed by atoms with Gasteiger partial charge in [-0.25, -0.2) is 9.97 Å². The molecule has 4 heteroatoms. The molecule has 0 aliphatic carbocycles. The molecule has 0 unspecified atom stereocenters. The molecule has 2 aromatic rings. The molecule has 0 fully saturated rings. The number of halogens is 1. The summed E-state index contributed by atoms with van der Waals surface area (Å²) >= 11 is 6.03. The van der Waals surface area contributed by atoms with Gasteiger partial charge in [0.25, 0.3) is 0 Å². The Bertz CT molecular complexity index is 473. The third-order valence-electron chi connectivity index (χ3n) is 2.13. The number of imidazole rings is 1. The largest absolute Gasteiger partial charge is 0.302 e. The summed E-state index contributed by atoms with van der Waals surface area (Å²) in [5.74, 6) is 0.375. The second kappa shape index (κ2) is 3.24. The number of aromatic nitrogens is 3. The van der Waals surface area contributed by atoms with E-state index in [4.69, 9.17) is 11.6 Å². The van der Waals surface area contributed by atoms with Gasteiger partial charge >= 0.3 is 0 Å². The molecule has 74 valence electrons. The van der Waals surface area contributed by atoms with Crippen LogP contribution in [0.3, 0.4) is 0 Å². The van der Waals surface area contributed by atoms with E-state index in [1.165, 1.54) is 0 Å². The van der Waals surface area contributed by atoms with Crippen LogP contribution in [0, 0.1) is 6.92 Å². The molecular weight excluding hydrogens is 198 g/mol. The van der Waals surface area contributed by atoms with Crippen molar-refractivity contribution in [2.24, 2.45) is 0 Å². The van der Waals surface area contributed by atoms with Gasteiger partial charge in [0.15, 0.2) is 10.8 Å². The second-order valence-corrected chi connectivity index (χ2v) is 4.08. The Labute approximate surface area is 87.8 Å². The Kier molecular flexibility index (Phi) is 2.19. The molecule has 0 radical (unpaired) electrons. The molecule has 0 amide bonds. The summed E-state index contributed by atoms with van der Waals surface area (Å²) in [6, 6.07) is 0. The highest BCUT2D eigenvalue weighted by Crippen LogP contribution is 2.19. The fraction of sp³-hybridized carbons (Fsp3) is 0.400. The van der Waals surface area contributed by atoms with E-state index in [2.05, 4.69) is 23.8 Å². The summed E-state index contributed by atoms with van der Waals surface area (Å²) in [5.41, 5.74) is 2.67. The molecule has 14 heavy (non-hydrogen) atoms. The highest BCUT2D eigenvalue weighted by atomic mass is 35.5. The summed E-state index contributed by atoms with van der Waals surface area (Å²) in [6.07, 6.45) is 3.93. The molecule has 0 saturated heterocycles. The first-order chi connectivity index (χ1) is 6.58. The third-order valence-corrected chi connectivity index (χ3v) is 2.38. The summed E-state index contributed by atoms with van der Waals surface area (Å²) in [5, 5.41) is 0.476. The van der Waals surface area contributed by atoms with E-state index in [1.807, 2.05) is 23.7 Å². The summed E-state index contributed by atoms with van der Waals surface area (Å²) < 4.78 is 1.93. The maximum atomic E-state index is 6.03. The normalized spacial score (nSPS) is 11.5. The number of hydrogen-bond acceptors (Lipinski definition) is 2. The van der Waals surface area contributed by atoms with Crippen LogP contribution in [0.5, 0.6) is 0 Å². The van der Waals surface area contributed by atoms with Gasteiger partial charge in [0.05, 0.1) is 11.4 Å². The summed E-state index contributed by atoms with van der Waals surface area (Å²) in [4.78, 5) is 8.58. The van der Waals surface area contributed by atoms with Gasteiger partial charge in [-0.1, -0.05) is 25.4 Å². The molecule has 0 atom stereocenters. The molecular formula is C10H12ClN3. The van der Waals surface area contributed by atoms with Crippen molar-refractivity contribution in [3.63, 3.8) is 0 Å². The van der Waals surface area contributed by atoms with Gasteiger partial charge in [-0.05, 0) is 12.8 Å². The van der Waals surface area contributed by atoms with Crippen molar-refractivity contribution in [3.05, 3.63) is 28.9 Å². The van der Waals surface area contributed by atoms with Crippen LogP contribution in [-0.2, 0) is 0 Å². The lowest BCUT2D eigenvalue weighted by Gasteiger charge is -2.05. The van der Waals surface area contributed by atoms with Crippen LogP contribution < -0.4 is 0 Å². The molecule has 0 aromatic carbocycles. The van der Waals surface area contributed by atoms with Crippen molar-refractivity contribution in [1.82, 2.24) is 14.4 Å². The predicted molar refractivity (Wildman–Crippen MR) is 56.8 cm³/mol. The molecule has 0 saturated carbocycles. The zero-order valence-electron chi connectivity index (χ0n) is 8.45. The van der Waals surface area contributed by atoms with Crippen LogP contribution in [-0.4, -0.2) is 14.4 Å². The van der Waals surface area contributed by atoms with E-state index < -0.39 is 0 Å². The maximum absolute atomic E-state index is 6.03. The first kappa shape index (κ1) is 9.46. The van der Waals surface area contributed by atoms with Crippen LogP contribution in [0.2, 0.25) is 5.15 Å². The highest BCUT2D eigenvalue weighted by molar-refractivity contribution is 6.32. The fourth-order valence-corrected chi connectivity index (χ4v) is 1.62. The fourth-order valence-electron chi connectivity index (χ4n) is 1.38. The first-order valence-corrected chi connectivity index (χ1v) is 4.97. The zero-order valence-corrected chi connectivity index (χ0v) is 9.21. The Morgan fingerprint density at radius 2 is 2.00 bits per heavy atom. The Hall–Kier alpha value is -1.09. The van der Waals surface area contributed by atoms with Crippen molar-refractivity contribution in [2.45, 2.75) is 26.7 Å². The molecule has 0 bridgehead atoms. The van der Waals surface area contributed by atoms with Crippen molar-refractivity contribution in [1.29, 1.82) is 0 Å². The first-order valence-electron chi connectivity index (χ1n) is 4.59. The molecule has 2 rings (SSSR count). The average molecular weight is 210 g/mol. The van der Waals surface area contributed by atoms with Crippen LogP contribution in [0.15, 0.2) is 12.4 Å². The average Bonchev–Trinajstić information content (AvgIpc) is 2.45. The van der Waals surface area contributed by atoms with Gasteiger partial charge in [0.1, 0.15) is 0 Å². The molecule has 2 heterocycles. The molecule has 0 aliphatic rings. The van der Waals surface area contributed by atoms with E-state index in [1.54, 1.807) is 0 Å². The zero-order chi connectivity index (χ0) is 10.3. The van der Waals surface area contributed by atoms with Crippen LogP contribution in [0.25, 0.3) is 5.65 Å². The molecule has 0 aliphatic heterocycles. The highest BCUT2D eigenvalue weighted by Gasteiger charge is 2.08. The maximum Gasteiger partial charge on any atom is 0.175 e. The second-order valence-electron chi connectivity index (χ2n) is 3.72. The van der Waals surface area contributed by atoms with E-state index in [0.717, 1.165) is 17.0 Å². The van der Waals surface area contributed by atoms with Crippen molar-refractivity contribution >= 4 is 17.2 Å². The van der Waals surface area contributed by atoms with Crippen LogP contribution >= 0.6 is 11.6 Å². The van der Waals surface area contributed by atoms with E-state index >= 15 is 0 Å². The summed E-state index contributed by atoms with van der Waals surface area (Å²) in [6.45, 7) is 6.13. The third kappa shape index (κ3) is 1.48. The minimum Gasteiger partial charge on any atom is -0.302 e. The SMILES string of the molecule is Cc1cn2cc(C(C)C)nc(Cl)c2n1. The lowest BCUT2D eigenvalue weighted by molar-refractivity contribution is 0.808. The number of hydrogen-bond donors (Lipinski definition) is 0. The van der Waals surface area contributed by atoms with Crippen LogP contribution in [0.4, 0.5) is 0 Å². The van der Waals surface area contributed by atoms with Gasteiger partial charge in [-0.15, -0.1) is 0 Å². The van der Waals surface area contributed by atoms with Gasteiger partial charge in [0.2, 0.25) is 0 Å². The number of fused-ring (bicyclic) bond motifs is 1. The minimum absolute atomic E-state index is 0.375. The number of rotatable bonds is 1. The van der Waals surface area contributed by atoms with Gasteiger partial charge in [-0.3, -0.25) is 0 Å². The van der Waals surface area contributed by atoms with Gasteiger partial charge < -0.3 is 4.40 Å². The van der Waals surface area contributed by atoms with E-state index in [9.17, 15) is 0 Å². The Balaban J connectivity index is 2.71. The Morgan fingerprint density at radius 3 is 2.64 bits per heavy atom. The van der Waals surface area contributed by atoms with Crippen molar-refractivity contribution in [2.75, 3.05) is 0 Å². The molecule has 2 aromatic heterocycles.